The van der Waals surface area contributed by atoms with Crippen molar-refractivity contribution in [2.75, 3.05) is 13.1 Å². The molecule has 0 atom stereocenters. The van der Waals surface area contributed by atoms with Crippen molar-refractivity contribution in [3.05, 3.63) is 51.6 Å². The Morgan fingerprint density at radius 1 is 1.26 bits per heavy atom. The van der Waals surface area contributed by atoms with Crippen LogP contribution in [0.25, 0.3) is 10.9 Å². The molecule has 7 heteroatoms. The first kappa shape index (κ1) is 21.7. The average molecular weight is 497 g/mol. The smallest absolute Gasteiger partial charge is 0.191 e. The number of benzene rings is 1. The molecule has 0 amide bonds. The highest BCUT2D eigenvalue weighted by Gasteiger charge is 2.06. The molecule has 2 aromatic heterocycles. The number of aryl methyl sites for hydroxylation is 2. The van der Waals surface area contributed by atoms with Crippen molar-refractivity contribution in [1.82, 2.24) is 20.6 Å². The van der Waals surface area contributed by atoms with Crippen molar-refractivity contribution in [1.29, 1.82) is 0 Å². The molecular formula is C20H28IN5S. The topological polar surface area (TPSA) is 65.1 Å². The zero-order valence-corrected chi connectivity index (χ0v) is 19.3. The molecule has 0 aliphatic heterocycles. The second-order valence-electron chi connectivity index (χ2n) is 6.27. The monoisotopic (exact) mass is 497 g/mol. The predicted octanol–water partition coefficient (Wildman–Crippen LogP) is 4.41. The van der Waals surface area contributed by atoms with Crippen molar-refractivity contribution < 1.29 is 0 Å². The minimum absolute atomic E-state index is 0. The lowest BCUT2D eigenvalue weighted by Crippen LogP contribution is -2.38. The summed E-state index contributed by atoms with van der Waals surface area (Å²) < 4.78 is 0. The molecule has 0 fully saturated rings. The van der Waals surface area contributed by atoms with E-state index in [0.717, 1.165) is 37.6 Å². The molecule has 2 heterocycles. The Labute approximate surface area is 182 Å². The SMILES string of the molecule is CCNC(=NCc1csc(CC)n1)NCCc1c[nH]c2c(C)cccc12.I. The van der Waals surface area contributed by atoms with Crippen molar-refractivity contribution in [3.8, 4) is 0 Å². The number of halogens is 1. The van der Waals surface area contributed by atoms with Gasteiger partial charge in [-0.3, -0.25) is 0 Å². The summed E-state index contributed by atoms with van der Waals surface area (Å²) in [6.07, 6.45) is 4.05. The molecular weight excluding hydrogens is 469 g/mol. The molecule has 3 N–H and O–H groups in total. The van der Waals surface area contributed by atoms with E-state index in [1.54, 1.807) is 11.3 Å². The fraction of sp³-hybridized carbons (Fsp3) is 0.400. The van der Waals surface area contributed by atoms with Gasteiger partial charge in [0.1, 0.15) is 0 Å². The van der Waals surface area contributed by atoms with Crippen LogP contribution in [-0.2, 0) is 19.4 Å². The largest absolute Gasteiger partial charge is 0.361 e. The third kappa shape index (κ3) is 5.68. The number of nitrogens with zero attached hydrogens (tertiary/aromatic N) is 2. The number of aliphatic imine (C=N–C) groups is 1. The molecule has 27 heavy (non-hydrogen) atoms. The summed E-state index contributed by atoms with van der Waals surface area (Å²) in [4.78, 5) is 12.6. The number of guanidine groups is 1. The summed E-state index contributed by atoms with van der Waals surface area (Å²) in [6, 6.07) is 6.44. The Balaban J connectivity index is 0.00000261. The second-order valence-corrected chi connectivity index (χ2v) is 7.21. The number of hydrogen-bond acceptors (Lipinski definition) is 3. The first-order valence-electron chi connectivity index (χ1n) is 9.22. The van der Waals surface area contributed by atoms with E-state index in [0.29, 0.717) is 6.54 Å². The minimum Gasteiger partial charge on any atom is -0.361 e. The van der Waals surface area contributed by atoms with Crippen LogP contribution < -0.4 is 10.6 Å². The summed E-state index contributed by atoms with van der Waals surface area (Å²) in [5.41, 5.74) is 4.89. The van der Waals surface area contributed by atoms with Gasteiger partial charge in [-0.2, -0.15) is 0 Å². The zero-order chi connectivity index (χ0) is 18.4. The van der Waals surface area contributed by atoms with E-state index >= 15 is 0 Å². The molecule has 0 aliphatic carbocycles. The van der Waals surface area contributed by atoms with E-state index in [4.69, 9.17) is 0 Å². The first-order chi connectivity index (χ1) is 12.7. The molecule has 0 unspecified atom stereocenters. The Morgan fingerprint density at radius 3 is 2.85 bits per heavy atom. The maximum Gasteiger partial charge on any atom is 0.191 e. The Kier molecular flexibility index (Phi) is 8.56. The van der Waals surface area contributed by atoms with Gasteiger partial charge in [-0.05, 0) is 37.8 Å². The lowest BCUT2D eigenvalue weighted by molar-refractivity contribution is 0.799. The van der Waals surface area contributed by atoms with Crippen molar-refractivity contribution in [3.63, 3.8) is 0 Å². The second kappa shape index (κ2) is 10.7. The Hall–Kier alpha value is -1.61. The van der Waals surface area contributed by atoms with Crippen LogP contribution in [0.3, 0.4) is 0 Å². The number of fused-ring (bicyclic) bond motifs is 1. The maximum atomic E-state index is 4.66. The van der Waals surface area contributed by atoms with Gasteiger partial charge in [0.25, 0.3) is 0 Å². The molecule has 3 rings (SSSR count). The number of hydrogen-bond donors (Lipinski definition) is 3. The molecule has 0 saturated carbocycles. The van der Waals surface area contributed by atoms with E-state index in [1.807, 2.05) is 0 Å². The van der Waals surface area contributed by atoms with Gasteiger partial charge in [-0.15, -0.1) is 35.3 Å². The summed E-state index contributed by atoms with van der Waals surface area (Å²) in [5, 5.41) is 11.3. The van der Waals surface area contributed by atoms with E-state index in [-0.39, 0.29) is 24.0 Å². The highest BCUT2D eigenvalue weighted by atomic mass is 127. The van der Waals surface area contributed by atoms with Gasteiger partial charge in [-0.1, -0.05) is 25.1 Å². The van der Waals surface area contributed by atoms with Gasteiger partial charge in [0.15, 0.2) is 5.96 Å². The van der Waals surface area contributed by atoms with Crippen LogP contribution in [0.15, 0.2) is 34.8 Å². The van der Waals surface area contributed by atoms with Crippen LogP contribution >= 0.6 is 35.3 Å². The molecule has 0 radical (unpaired) electrons. The number of rotatable bonds is 7. The third-order valence-electron chi connectivity index (χ3n) is 4.34. The average Bonchev–Trinajstić information content (AvgIpc) is 3.27. The van der Waals surface area contributed by atoms with Gasteiger partial charge in [0.05, 0.1) is 17.2 Å². The highest BCUT2D eigenvalue weighted by molar-refractivity contribution is 14.0. The number of thiazole rings is 1. The van der Waals surface area contributed by atoms with E-state index in [9.17, 15) is 0 Å². The molecule has 0 saturated heterocycles. The third-order valence-corrected chi connectivity index (χ3v) is 5.38. The van der Waals surface area contributed by atoms with Crippen molar-refractivity contribution in [2.24, 2.45) is 4.99 Å². The van der Waals surface area contributed by atoms with Crippen LogP contribution in [-0.4, -0.2) is 29.0 Å². The van der Waals surface area contributed by atoms with Crippen LogP contribution in [0.5, 0.6) is 0 Å². The molecule has 1 aromatic carbocycles. The summed E-state index contributed by atoms with van der Waals surface area (Å²) in [5.74, 6) is 0.842. The number of nitrogens with one attached hydrogen (secondary N) is 3. The minimum atomic E-state index is 0. The van der Waals surface area contributed by atoms with Crippen LogP contribution in [0.4, 0.5) is 0 Å². The lowest BCUT2D eigenvalue weighted by atomic mass is 10.1. The fourth-order valence-corrected chi connectivity index (χ4v) is 3.71. The summed E-state index contributed by atoms with van der Waals surface area (Å²) >= 11 is 1.71. The molecule has 0 aliphatic rings. The normalized spacial score (nSPS) is 11.4. The standard InChI is InChI=1S/C20H27N5S.HI/c1-4-18-25-16(13-26-18)12-24-20(21-5-2)22-10-9-15-11-23-19-14(3)7-6-8-17(15)19;/h6-8,11,13,23H,4-5,9-10,12H2,1-3H3,(H2,21,22,24);1H. The molecule has 0 bridgehead atoms. The Morgan fingerprint density at radius 2 is 2.11 bits per heavy atom. The van der Waals surface area contributed by atoms with Gasteiger partial charge < -0.3 is 15.6 Å². The maximum absolute atomic E-state index is 4.66. The van der Waals surface area contributed by atoms with Crippen LogP contribution in [0.2, 0.25) is 0 Å². The fourth-order valence-electron chi connectivity index (χ4n) is 2.97. The number of aromatic amines is 1. The number of para-hydroxylation sites is 1. The van der Waals surface area contributed by atoms with Crippen molar-refractivity contribution in [2.45, 2.75) is 40.2 Å². The van der Waals surface area contributed by atoms with Gasteiger partial charge in [0, 0.05) is 35.6 Å². The first-order valence-corrected chi connectivity index (χ1v) is 10.1. The highest BCUT2D eigenvalue weighted by Crippen LogP contribution is 2.21. The van der Waals surface area contributed by atoms with E-state index in [1.165, 1.54) is 27.0 Å². The molecule has 5 nitrogen and oxygen atoms in total. The quantitative estimate of drug-likeness (QED) is 0.258. The van der Waals surface area contributed by atoms with E-state index in [2.05, 4.69) is 76.1 Å². The van der Waals surface area contributed by atoms with Gasteiger partial charge >= 0.3 is 0 Å². The van der Waals surface area contributed by atoms with Gasteiger partial charge in [0.2, 0.25) is 0 Å². The van der Waals surface area contributed by atoms with Crippen LogP contribution in [0, 0.1) is 6.92 Å². The Bertz CT molecular complexity index is 884. The predicted molar refractivity (Wildman–Crippen MR) is 126 cm³/mol. The molecule has 3 aromatic rings. The zero-order valence-electron chi connectivity index (χ0n) is 16.1. The number of H-pyrrole nitrogens is 1. The molecule has 0 spiro atoms. The summed E-state index contributed by atoms with van der Waals surface area (Å²) in [7, 11) is 0. The van der Waals surface area contributed by atoms with E-state index < -0.39 is 0 Å². The van der Waals surface area contributed by atoms with Crippen LogP contribution in [0.1, 0.15) is 35.7 Å². The van der Waals surface area contributed by atoms with Crippen molar-refractivity contribution >= 4 is 52.2 Å². The molecule has 146 valence electrons. The lowest BCUT2D eigenvalue weighted by Gasteiger charge is -2.10. The summed E-state index contributed by atoms with van der Waals surface area (Å²) in [6.45, 7) is 8.64. The van der Waals surface area contributed by atoms with Gasteiger partial charge in [-0.25, -0.2) is 9.98 Å². The number of aromatic nitrogens is 2.